The van der Waals surface area contributed by atoms with Gasteiger partial charge in [-0.15, -0.1) is 22.7 Å². The fourth-order valence-electron chi connectivity index (χ4n) is 2.83. The van der Waals surface area contributed by atoms with Gasteiger partial charge in [-0.2, -0.15) is 0 Å². The highest BCUT2D eigenvalue weighted by atomic mass is 32.1. The molecule has 0 fully saturated rings. The molecule has 25 heavy (non-hydrogen) atoms. The highest BCUT2D eigenvalue weighted by molar-refractivity contribution is 7.14. The first-order chi connectivity index (χ1) is 12.1. The van der Waals surface area contributed by atoms with Crippen LogP contribution in [0.3, 0.4) is 0 Å². The molecule has 0 aliphatic heterocycles. The number of rotatable bonds is 3. The molecular formula is C20H16N2OS2. The lowest BCUT2D eigenvalue weighted by Gasteiger charge is -2.02. The van der Waals surface area contributed by atoms with Crippen molar-refractivity contribution in [1.29, 1.82) is 0 Å². The molecule has 0 aliphatic carbocycles. The maximum Gasteiger partial charge on any atom is 0.258 e. The van der Waals surface area contributed by atoms with Crippen molar-refractivity contribution in [3.05, 3.63) is 69.2 Å². The van der Waals surface area contributed by atoms with Crippen molar-refractivity contribution < 1.29 is 4.79 Å². The largest absolute Gasteiger partial charge is 0.298 e. The van der Waals surface area contributed by atoms with E-state index in [1.165, 1.54) is 22.1 Å². The molecule has 3 nitrogen and oxygen atoms in total. The zero-order valence-corrected chi connectivity index (χ0v) is 15.5. The average molecular weight is 364 g/mol. The number of aryl methyl sites for hydroxylation is 2. The number of aromatic nitrogens is 1. The van der Waals surface area contributed by atoms with Gasteiger partial charge in [-0.25, -0.2) is 4.98 Å². The first-order valence-corrected chi connectivity index (χ1v) is 9.63. The van der Waals surface area contributed by atoms with E-state index in [0.29, 0.717) is 5.13 Å². The van der Waals surface area contributed by atoms with Crippen LogP contribution in [-0.2, 0) is 0 Å². The Balaban J connectivity index is 1.59. The lowest BCUT2D eigenvalue weighted by Crippen LogP contribution is -2.11. The molecule has 1 amide bonds. The van der Waals surface area contributed by atoms with Crippen LogP contribution in [0.5, 0.6) is 0 Å². The lowest BCUT2D eigenvalue weighted by atomic mass is 10.1. The summed E-state index contributed by atoms with van der Waals surface area (Å²) in [7, 11) is 0. The van der Waals surface area contributed by atoms with Crippen molar-refractivity contribution >= 4 is 44.5 Å². The summed E-state index contributed by atoms with van der Waals surface area (Å²) in [6, 6.07) is 16.5. The third kappa shape index (κ3) is 3.21. The summed E-state index contributed by atoms with van der Waals surface area (Å²) in [5.41, 5.74) is 2.66. The number of nitrogens with one attached hydrogen (secondary N) is 1. The molecular weight excluding hydrogens is 348 g/mol. The molecule has 0 saturated carbocycles. The van der Waals surface area contributed by atoms with Crippen molar-refractivity contribution in [1.82, 2.24) is 4.98 Å². The van der Waals surface area contributed by atoms with Crippen LogP contribution in [0.2, 0.25) is 0 Å². The highest BCUT2D eigenvalue weighted by Gasteiger charge is 2.14. The van der Waals surface area contributed by atoms with Gasteiger partial charge in [0.05, 0.1) is 11.3 Å². The number of hydrogen-bond donors (Lipinski definition) is 1. The summed E-state index contributed by atoms with van der Waals surface area (Å²) in [5, 5.41) is 7.90. The van der Waals surface area contributed by atoms with Crippen LogP contribution in [-0.4, -0.2) is 10.9 Å². The summed E-state index contributed by atoms with van der Waals surface area (Å²) in [5.74, 6) is -0.0961. The molecule has 0 saturated heterocycles. The van der Waals surface area contributed by atoms with E-state index in [9.17, 15) is 4.79 Å². The summed E-state index contributed by atoms with van der Waals surface area (Å²) in [6.07, 6.45) is 0. The lowest BCUT2D eigenvalue weighted by molar-refractivity contribution is 0.102. The Morgan fingerprint density at radius 2 is 1.84 bits per heavy atom. The predicted molar refractivity (Wildman–Crippen MR) is 107 cm³/mol. The van der Waals surface area contributed by atoms with E-state index in [4.69, 9.17) is 0 Å². The Morgan fingerprint density at radius 1 is 1.04 bits per heavy atom. The van der Waals surface area contributed by atoms with E-state index in [1.807, 2.05) is 37.4 Å². The van der Waals surface area contributed by atoms with Crippen molar-refractivity contribution in [3.63, 3.8) is 0 Å². The van der Waals surface area contributed by atoms with E-state index in [2.05, 4.69) is 40.6 Å². The third-order valence-corrected chi connectivity index (χ3v) is 5.78. The smallest absolute Gasteiger partial charge is 0.258 e. The number of fused-ring (bicyclic) bond motifs is 1. The number of amides is 1. The normalized spacial score (nSPS) is 11.0. The molecule has 2 heterocycles. The van der Waals surface area contributed by atoms with Crippen LogP contribution < -0.4 is 5.32 Å². The summed E-state index contributed by atoms with van der Waals surface area (Å²) < 4.78 is 0. The fourth-order valence-corrected chi connectivity index (χ4v) is 4.47. The molecule has 0 unspecified atom stereocenters. The van der Waals surface area contributed by atoms with Crippen molar-refractivity contribution in [2.24, 2.45) is 0 Å². The zero-order valence-electron chi connectivity index (χ0n) is 13.9. The quantitative estimate of drug-likeness (QED) is 0.492. The minimum atomic E-state index is -0.0961. The van der Waals surface area contributed by atoms with Crippen LogP contribution in [0.25, 0.3) is 22.0 Å². The van der Waals surface area contributed by atoms with Gasteiger partial charge >= 0.3 is 0 Å². The van der Waals surface area contributed by atoms with Gasteiger partial charge in [-0.1, -0.05) is 36.4 Å². The molecule has 4 aromatic rings. The Kier molecular flexibility index (Phi) is 4.11. The number of nitrogens with zero attached hydrogens (tertiary/aromatic N) is 1. The maximum atomic E-state index is 12.4. The molecule has 0 spiro atoms. The minimum absolute atomic E-state index is 0.0961. The Labute approximate surface area is 154 Å². The van der Waals surface area contributed by atoms with Gasteiger partial charge in [0.25, 0.3) is 5.91 Å². The standard InChI is InChI=1S/C20H16N2OS2/c1-12-9-17(13(2)25-12)19(23)22-20-21-18(11-24-20)16-8-7-14-5-3-4-6-15(14)10-16/h3-11H,1-2H3,(H,21,22,23). The molecule has 1 N–H and O–H groups in total. The van der Waals surface area contributed by atoms with Crippen molar-refractivity contribution in [2.75, 3.05) is 5.32 Å². The van der Waals surface area contributed by atoms with Gasteiger partial charge in [0.15, 0.2) is 5.13 Å². The van der Waals surface area contributed by atoms with Gasteiger partial charge in [0.2, 0.25) is 0 Å². The van der Waals surface area contributed by atoms with Gasteiger partial charge < -0.3 is 0 Å². The molecule has 0 radical (unpaired) electrons. The monoisotopic (exact) mass is 364 g/mol. The predicted octanol–water partition coefficient (Wildman–Crippen LogP) is 5.89. The molecule has 5 heteroatoms. The molecule has 4 rings (SSSR count). The second-order valence-corrected chi connectivity index (χ2v) is 8.20. The van der Waals surface area contributed by atoms with E-state index in [-0.39, 0.29) is 5.91 Å². The summed E-state index contributed by atoms with van der Waals surface area (Å²) >= 11 is 3.08. The molecule has 0 bridgehead atoms. The first kappa shape index (κ1) is 16.0. The maximum absolute atomic E-state index is 12.4. The summed E-state index contributed by atoms with van der Waals surface area (Å²) in [4.78, 5) is 19.2. The number of hydrogen-bond acceptors (Lipinski definition) is 4. The molecule has 2 aromatic carbocycles. The van der Waals surface area contributed by atoms with Crippen LogP contribution >= 0.6 is 22.7 Å². The molecule has 124 valence electrons. The van der Waals surface area contributed by atoms with E-state index >= 15 is 0 Å². The van der Waals surface area contributed by atoms with E-state index in [1.54, 1.807) is 11.3 Å². The van der Waals surface area contributed by atoms with Crippen LogP contribution in [0.1, 0.15) is 20.1 Å². The first-order valence-electron chi connectivity index (χ1n) is 7.93. The van der Waals surface area contributed by atoms with E-state index in [0.717, 1.165) is 26.6 Å². The van der Waals surface area contributed by atoms with Gasteiger partial charge in [-0.3, -0.25) is 10.1 Å². The molecule has 0 atom stereocenters. The van der Waals surface area contributed by atoms with Crippen LogP contribution in [0.4, 0.5) is 5.13 Å². The fraction of sp³-hybridized carbons (Fsp3) is 0.100. The SMILES string of the molecule is Cc1cc(C(=O)Nc2nc(-c3ccc4ccccc4c3)cs2)c(C)s1. The Hall–Kier alpha value is -2.50. The minimum Gasteiger partial charge on any atom is -0.298 e. The zero-order chi connectivity index (χ0) is 17.4. The molecule has 0 aliphatic rings. The second-order valence-electron chi connectivity index (χ2n) is 5.88. The number of thiazole rings is 1. The van der Waals surface area contributed by atoms with Crippen molar-refractivity contribution in [2.45, 2.75) is 13.8 Å². The number of benzene rings is 2. The average Bonchev–Trinajstić information content (AvgIpc) is 3.20. The number of carbonyl (C=O) groups is 1. The second kappa shape index (κ2) is 6.43. The Morgan fingerprint density at radius 3 is 2.60 bits per heavy atom. The van der Waals surface area contributed by atoms with Crippen LogP contribution in [0, 0.1) is 13.8 Å². The van der Waals surface area contributed by atoms with Gasteiger partial charge in [0, 0.05) is 20.7 Å². The van der Waals surface area contributed by atoms with Crippen molar-refractivity contribution in [3.8, 4) is 11.3 Å². The van der Waals surface area contributed by atoms with Crippen LogP contribution in [0.15, 0.2) is 53.9 Å². The number of carbonyl (C=O) groups excluding carboxylic acids is 1. The topological polar surface area (TPSA) is 42.0 Å². The highest BCUT2D eigenvalue weighted by Crippen LogP contribution is 2.28. The van der Waals surface area contributed by atoms with Gasteiger partial charge in [-0.05, 0) is 36.8 Å². The number of anilines is 1. The van der Waals surface area contributed by atoms with Gasteiger partial charge in [0.1, 0.15) is 0 Å². The molecule has 2 aromatic heterocycles. The Bertz CT molecular complexity index is 1080. The van der Waals surface area contributed by atoms with E-state index < -0.39 is 0 Å². The number of thiophene rings is 1. The summed E-state index contributed by atoms with van der Waals surface area (Å²) in [6.45, 7) is 3.98. The third-order valence-electron chi connectivity index (χ3n) is 4.06.